The van der Waals surface area contributed by atoms with Crippen molar-refractivity contribution >= 4 is 28.1 Å². The molecule has 1 aromatic heterocycles. The number of rotatable bonds is 6. The summed E-state index contributed by atoms with van der Waals surface area (Å²) in [5.41, 5.74) is 0.724. The molecule has 0 fully saturated rings. The molecule has 0 aliphatic rings. The fraction of sp³-hybridized carbons (Fsp3) is 0.286. The van der Waals surface area contributed by atoms with Gasteiger partial charge in [0.1, 0.15) is 12.4 Å². The highest BCUT2D eigenvalue weighted by molar-refractivity contribution is 7.14. The summed E-state index contributed by atoms with van der Waals surface area (Å²) < 4.78 is 5.53. The molecule has 2 aromatic rings. The van der Waals surface area contributed by atoms with Crippen LogP contribution in [0.15, 0.2) is 29.6 Å². The molecular weight excluding hydrogens is 306 g/mol. The van der Waals surface area contributed by atoms with Gasteiger partial charge in [-0.05, 0) is 19.1 Å². The third kappa shape index (κ3) is 3.79. The van der Waals surface area contributed by atoms with Gasteiger partial charge in [-0.3, -0.25) is 19.8 Å². The number of ether oxygens (including phenoxy) is 1. The van der Waals surface area contributed by atoms with Gasteiger partial charge in [-0.15, -0.1) is 11.3 Å². The molecule has 0 N–H and O–H groups in total. The first-order valence-corrected chi connectivity index (χ1v) is 7.49. The molecule has 0 saturated heterocycles. The molecule has 22 heavy (non-hydrogen) atoms. The maximum Gasteiger partial charge on any atom is 0.269 e. The number of nitrogens with zero attached hydrogens (tertiary/aromatic N) is 3. The summed E-state index contributed by atoms with van der Waals surface area (Å²) in [5, 5.41) is 13.0. The Kier molecular flexibility index (Phi) is 5.05. The van der Waals surface area contributed by atoms with Crippen molar-refractivity contribution in [3.8, 4) is 5.75 Å². The molecule has 0 spiro atoms. The molecule has 0 aliphatic heterocycles. The Morgan fingerprint density at radius 2 is 2.09 bits per heavy atom. The molecule has 0 saturated carbocycles. The van der Waals surface area contributed by atoms with Crippen LogP contribution in [0.2, 0.25) is 0 Å². The number of carbonyl (C=O) groups is 1. The Balaban J connectivity index is 1.98. The summed E-state index contributed by atoms with van der Waals surface area (Å²) in [6, 6.07) is 5.85. The average Bonchev–Trinajstić information content (AvgIpc) is 2.94. The number of hydrogen-bond acceptors (Lipinski definition) is 6. The lowest BCUT2D eigenvalue weighted by Gasteiger charge is -2.14. The van der Waals surface area contributed by atoms with Crippen LogP contribution in [-0.2, 0) is 11.4 Å². The zero-order chi connectivity index (χ0) is 16.1. The van der Waals surface area contributed by atoms with E-state index in [1.54, 1.807) is 17.0 Å². The van der Waals surface area contributed by atoms with Crippen LogP contribution in [-0.4, -0.2) is 22.4 Å². The zero-order valence-corrected chi connectivity index (χ0v) is 13.0. The first-order chi connectivity index (χ1) is 10.5. The van der Waals surface area contributed by atoms with Crippen molar-refractivity contribution in [1.29, 1.82) is 0 Å². The second-order valence-electron chi connectivity index (χ2n) is 4.42. The Hall–Kier alpha value is -2.48. The molecule has 1 heterocycles. The van der Waals surface area contributed by atoms with E-state index in [0.717, 1.165) is 0 Å². The second kappa shape index (κ2) is 6.99. The minimum atomic E-state index is -0.461. The third-order valence-corrected chi connectivity index (χ3v) is 3.81. The molecule has 0 bridgehead atoms. The number of benzene rings is 1. The van der Waals surface area contributed by atoms with Crippen LogP contribution in [0.25, 0.3) is 0 Å². The fourth-order valence-corrected chi connectivity index (χ4v) is 2.72. The van der Waals surface area contributed by atoms with E-state index < -0.39 is 4.92 Å². The molecule has 0 aliphatic carbocycles. The van der Waals surface area contributed by atoms with Gasteiger partial charge < -0.3 is 4.74 Å². The predicted molar refractivity (Wildman–Crippen MR) is 83.2 cm³/mol. The summed E-state index contributed by atoms with van der Waals surface area (Å²) in [4.78, 5) is 27.5. The van der Waals surface area contributed by atoms with Crippen LogP contribution in [0.3, 0.4) is 0 Å². The summed E-state index contributed by atoms with van der Waals surface area (Å²) >= 11 is 1.38. The van der Waals surface area contributed by atoms with Crippen molar-refractivity contribution in [2.75, 3.05) is 11.4 Å². The van der Waals surface area contributed by atoms with Crippen molar-refractivity contribution in [3.05, 3.63) is 45.5 Å². The van der Waals surface area contributed by atoms with E-state index in [0.29, 0.717) is 23.1 Å². The lowest BCUT2D eigenvalue weighted by atomic mass is 10.3. The van der Waals surface area contributed by atoms with Gasteiger partial charge in [-0.25, -0.2) is 4.98 Å². The Bertz CT molecular complexity index is 669. The van der Waals surface area contributed by atoms with Crippen molar-refractivity contribution < 1.29 is 14.5 Å². The maximum absolute atomic E-state index is 11.5. The summed E-state index contributed by atoms with van der Waals surface area (Å²) in [7, 11) is 0. The van der Waals surface area contributed by atoms with Gasteiger partial charge >= 0.3 is 0 Å². The molecule has 0 atom stereocenters. The van der Waals surface area contributed by atoms with Crippen molar-refractivity contribution in [3.63, 3.8) is 0 Å². The molecule has 1 aromatic carbocycles. The van der Waals surface area contributed by atoms with Gasteiger partial charge in [0, 0.05) is 31.0 Å². The van der Waals surface area contributed by atoms with Crippen LogP contribution >= 0.6 is 11.3 Å². The molecule has 116 valence electrons. The Morgan fingerprint density at radius 1 is 1.41 bits per heavy atom. The average molecular weight is 321 g/mol. The lowest BCUT2D eigenvalue weighted by Crippen LogP contribution is -2.27. The number of amides is 1. The van der Waals surface area contributed by atoms with Gasteiger partial charge in [0.15, 0.2) is 5.13 Å². The van der Waals surface area contributed by atoms with Crippen LogP contribution in [0.4, 0.5) is 10.8 Å². The quantitative estimate of drug-likeness (QED) is 0.603. The van der Waals surface area contributed by atoms with E-state index in [1.165, 1.54) is 30.4 Å². The number of nitro benzene ring substituents is 1. The number of thiazole rings is 1. The Labute approximate surface area is 131 Å². The van der Waals surface area contributed by atoms with Crippen molar-refractivity contribution in [2.24, 2.45) is 0 Å². The molecule has 2 rings (SSSR count). The zero-order valence-electron chi connectivity index (χ0n) is 12.2. The molecular formula is C14H15N3O4S. The van der Waals surface area contributed by atoms with E-state index in [-0.39, 0.29) is 18.2 Å². The minimum Gasteiger partial charge on any atom is -0.487 e. The van der Waals surface area contributed by atoms with Crippen LogP contribution < -0.4 is 9.64 Å². The van der Waals surface area contributed by atoms with Gasteiger partial charge in [-0.1, -0.05) is 0 Å². The van der Waals surface area contributed by atoms with Gasteiger partial charge in [0.05, 0.1) is 10.6 Å². The number of carbonyl (C=O) groups excluding carboxylic acids is 1. The van der Waals surface area contributed by atoms with Crippen molar-refractivity contribution in [1.82, 2.24) is 4.98 Å². The molecule has 0 unspecified atom stereocenters. The first-order valence-electron chi connectivity index (χ1n) is 6.61. The van der Waals surface area contributed by atoms with E-state index in [2.05, 4.69) is 4.98 Å². The van der Waals surface area contributed by atoms with Crippen molar-refractivity contribution in [2.45, 2.75) is 20.5 Å². The monoisotopic (exact) mass is 321 g/mol. The molecule has 8 heteroatoms. The lowest BCUT2D eigenvalue weighted by molar-refractivity contribution is -0.384. The predicted octanol–water partition coefficient (Wildman–Crippen LogP) is 3.00. The standard InChI is InChI=1S/C14H15N3O4S/c1-3-16(10(2)18)14-15-11(9-22-14)8-21-13-6-4-12(5-7-13)17(19)20/h4-7,9H,3,8H2,1-2H3. The molecule has 0 radical (unpaired) electrons. The van der Waals surface area contributed by atoms with Crippen LogP contribution in [0.5, 0.6) is 5.75 Å². The van der Waals surface area contributed by atoms with Crippen LogP contribution in [0.1, 0.15) is 19.5 Å². The van der Waals surface area contributed by atoms with Gasteiger partial charge in [0.25, 0.3) is 5.69 Å². The summed E-state index contributed by atoms with van der Waals surface area (Å²) in [6.07, 6.45) is 0. The number of nitro groups is 1. The summed E-state index contributed by atoms with van der Waals surface area (Å²) in [6.45, 7) is 4.18. The van der Waals surface area contributed by atoms with E-state index in [9.17, 15) is 14.9 Å². The fourth-order valence-electron chi connectivity index (χ4n) is 1.80. The molecule has 7 nitrogen and oxygen atoms in total. The maximum atomic E-state index is 11.5. The SMILES string of the molecule is CCN(C(C)=O)c1nc(COc2ccc([N+](=O)[O-])cc2)cs1. The minimum absolute atomic E-state index is 0.0170. The Morgan fingerprint density at radius 3 is 2.64 bits per heavy atom. The van der Waals surface area contributed by atoms with E-state index >= 15 is 0 Å². The van der Waals surface area contributed by atoms with Crippen LogP contribution in [0, 0.1) is 10.1 Å². The topological polar surface area (TPSA) is 85.6 Å². The highest BCUT2D eigenvalue weighted by Gasteiger charge is 2.13. The van der Waals surface area contributed by atoms with E-state index in [4.69, 9.17) is 4.74 Å². The highest BCUT2D eigenvalue weighted by Crippen LogP contribution is 2.22. The van der Waals surface area contributed by atoms with Gasteiger partial charge in [-0.2, -0.15) is 0 Å². The largest absolute Gasteiger partial charge is 0.487 e. The number of non-ortho nitro benzene ring substituents is 1. The highest BCUT2D eigenvalue weighted by atomic mass is 32.1. The smallest absolute Gasteiger partial charge is 0.269 e. The molecule has 1 amide bonds. The second-order valence-corrected chi connectivity index (χ2v) is 5.26. The normalized spacial score (nSPS) is 10.3. The third-order valence-electron chi connectivity index (χ3n) is 2.90. The number of anilines is 1. The first kappa shape index (κ1) is 15.9. The number of aromatic nitrogens is 1. The van der Waals surface area contributed by atoms with Gasteiger partial charge in [0.2, 0.25) is 5.91 Å². The number of hydrogen-bond donors (Lipinski definition) is 0. The van der Waals surface area contributed by atoms with E-state index in [1.807, 2.05) is 12.3 Å². The summed E-state index contributed by atoms with van der Waals surface area (Å²) in [5.74, 6) is 0.471.